The van der Waals surface area contributed by atoms with Gasteiger partial charge in [-0.05, 0) is 13.0 Å². The van der Waals surface area contributed by atoms with Crippen LogP contribution in [0.3, 0.4) is 0 Å². The van der Waals surface area contributed by atoms with Gasteiger partial charge in [-0.3, -0.25) is 14.9 Å². The summed E-state index contributed by atoms with van der Waals surface area (Å²) in [5.74, 6) is -0.367. The minimum Gasteiger partial charge on any atom is -0.395 e. The van der Waals surface area contributed by atoms with Crippen LogP contribution in [-0.4, -0.2) is 47.6 Å². The maximum Gasteiger partial charge on any atom is 0.293 e. The van der Waals surface area contributed by atoms with E-state index in [4.69, 9.17) is 5.11 Å². The molecule has 0 aliphatic heterocycles. The van der Waals surface area contributed by atoms with Gasteiger partial charge in [-0.2, -0.15) is 0 Å². The number of likely N-dealkylation sites (N-methyl/N-ethyl adjacent to an activating group) is 1. The summed E-state index contributed by atoms with van der Waals surface area (Å²) >= 11 is 0. The highest BCUT2D eigenvalue weighted by atomic mass is 16.6. The number of benzene rings is 1. The maximum absolute atomic E-state index is 12.2. The van der Waals surface area contributed by atoms with Crippen molar-refractivity contribution in [2.75, 3.05) is 32.1 Å². The number of nitro benzene ring substituents is 1. The highest BCUT2D eigenvalue weighted by Crippen LogP contribution is 2.28. The first-order valence-corrected chi connectivity index (χ1v) is 5.90. The monoisotopic (exact) mass is 267 g/mol. The van der Waals surface area contributed by atoms with Gasteiger partial charge in [-0.25, -0.2) is 0 Å². The molecule has 0 radical (unpaired) electrons. The van der Waals surface area contributed by atoms with Crippen LogP contribution in [0.15, 0.2) is 18.2 Å². The molecule has 7 nitrogen and oxygen atoms in total. The first-order chi connectivity index (χ1) is 9.02. The van der Waals surface area contributed by atoms with Crippen molar-refractivity contribution in [1.82, 2.24) is 4.90 Å². The van der Waals surface area contributed by atoms with Gasteiger partial charge in [0.05, 0.1) is 17.1 Å². The molecule has 1 rings (SSSR count). The molecule has 0 unspecified atom stereocenters. The predicted molar refractivity (Wildman–Crippen MR) is 71.3 cm³/mol. The van der Waals surface area contributed by atoms with E-state index in [9.17, 15) is 14.9 Å². The third kappa shape index (κ3) is 3.41. The topological polar surface area (TPSA) is 95.7 Å². The minimum absolute atomic E-state index is 0.134. The summed E-state index contributed by atoms with van der Waals surface area (Å²) in [7, 11) is 1.53. The van der Waals surface area contributed by atoms with Gasteiger partial charge in [-0.15, -0.1) is 0 Å². The molecule has 1 amide bonds. The normalized spacial score (nSPS) is 10.1. The molecule has 0 aromatic heterocycles. The van der Waals surface area contributed by atoms with Crippen molar-refractivity contribution in [3.63, 3.8) is 0 Å². The lowest BCUT2D eigenvalue weighted by Crippen LogP contribution is -2.30. The summed E-state index contributed by atoms with van der Waals surface area (Å²) < 4.78 is 0. The Morgan fingerprint density at radius 2 is 2.21 bits per heavy atom. The Bertz CT molecular complexity index is 476. The Hall–Kier alpha value is -2.15. The van der Waals surface area contributed by atoms with Gasteiger partial charge in [0, 0.05) is 26.2 Å². The van der Waals surface area contributed by atoms with Crippen molar-refractivity contribution in [3.05, 3.63) is 33.9 Å². The van der Waals surface area contributed by atoms with Crippen LogP contribution in [0.25, 0.3) is 0 Å². The molecule has 0 aliphatic carbocycles. The first-order valence-electron chi connectivity index (χ1n) is 5.90. The number of anilines is 1. The molecule has 7 heteroatoms. The number of nitro groups is 1. The van der Waals surface area contributed by atoms with Crippen LogP contribution >= 0.6 is 0 Å². The van der Waals surface area contributed by atoms with Gasteiger partial charge in [0.2, 0.25) is 0 Å². The molecule has 0 saturated heterocycles. The molecule has 0 fully saturated rings. The van der Waals surface area contributed by atoms with Gasteiger partial charge in [0.1, 0.15) is 5.69 Å². The molecule has 1 aromatic rings. The van der Waals surface area contributed by atoms with E-state index in [2.05, 4.69) is 5.32 Å². The van der Waals surface area contributed by atoms with Crippen molar-refractivity contribution in [2.45, 2.75) is 6.92 Å². The molecular formula is C12H17N3O4. The molecule has 0 atom stereocenters. The Morgan fingerprint density at radius 3 is 2.74 bits per heavy atom. The van der Waals surface area contributed by atoms with Crippen LogP contribution < -0.4 is 5.32 Å². The van der Waals surface area contributed by atoms with Crippen molar-refractivity contribution in [3.8, 4) is 0 Å². The minimum atomic E-state index is -0.527. The van der Waals surface area contributed by atoms with E-state index >= 15 is 0 Å². The number of carbonyl (C=O) groups is 1. The molecule has 2 N–H and O–H groups in total. The number of carbonyl (C=O) groups excluding carboxylic acids is 1. The molecule has 1 aromatic carbocycles. The van der Waals surface area contributed by atoms with Crippen molar-refractivity contribution < 1.29 is 14.8 Å². The number of aliphatic hydroxyl groups is 1. The summed E-state index contributed by atoms with van der Waals surface area (Å²) in [6.45, 7) is 2.28. The fourth-order valence-electron chi connectivity index (χ4n) is 1.69. The van der Waals surface area contributed by atoms with E-state index in [1.54, 1.807) is 6.92 Å². The number of para-hydroxylation sites is 1. The second-order valence-electron chi connectivity index (χ2n) is 3.94. The number of hydrogen-bond donors (Lipinski definition) is 2. The maximum atomic E-state index is 12.2. The molecule has 0 heterocycles. The number of amides is 1. The zero-order valence-corrected chi connectivity index (χ0v) is 10.9. The zero-order chi connectivity index (χ0) is 14.4. The van der Waals surface area contributed by atoms with Crippen molar-refractivity contribution >= 4 is 17.3 Å². The van der Waals surface area contributed by atoms with Crippen LogP contribution in [0.1, 0.15) is 17.3 Å². The number of nitrogens with one attached hydrogen (secondary N) is 1. The lowest BCUT2D eigenvalue weighted by molar-refractivity contribution is -0.384. The molecule has 0 aliphatic rings. The van der Waals surface area contributed by atoms with E-state index in [0.29, 0.717) is 6.54 Å². The highest BCUT2D eigenvalue weighted by Gasteiger charge is 2.22. The Balaban J connectivity index is 3.22. The molecule has 104 valence electrons. The summed E-state index contributed by atoms with van der Waals surface area (Å²) in [6, 6.07) is 4.35. The average Bonchev–Trinajstić information content (AvgIpc) is 2.38. The summed E-state index contributed by atoms with van der Waals surface area (Å²) in [5.41, 5.74) is 0.307. The average molecular weight is 267 g/mol. The van der Waals surface area contributed by atoms with Crippen LogP contribution in [0.4, 0.5) is 11.4 Å². The fraction of sp³-hybridized carbons (Fsp3) is 0.417. The lowest BCUT2D eigenvalue weighted by atomic mass is 10.1. The van der Waals surface area contributed by atoms with E-state index in [1.807, 2.05) is 0 Å². The standard InChI is InChI=1S/C12H17N3O4/c1-3-13-11-9(12(17)14(2)7-8-16)5-4-6-10(11)15(18)19/h4-6,13,16H,3,7-8H2,1-2H3. The first kappa shape index (κ1) is 14.9. The number of hydrogen-bond acceptors (Lipinski definition) is 5. The summed E-state index contributed by atoms with van der Waals surface area (Å²) in [4.78, 5) is 23.9. The highest BCUT2D eigenvalue weighted by molar-refractivity contribution is 6.01. The van der Waals surface area contributed by atoms with Gasteiger partial charge < -0.3 is 15.3 Å². The van der Waals surface area contributed by atoms with Gasteiger partial charge in [0.25, 0.3) is 11.6 Å². The van der Waals surface area contributed by atoms with E-state index in [0.717, 1.165) is 0 Å². The lowest BCUT2D eigenvalue weighted by Gasteiger charge is -2.18. The second kappa shape index (κ2) is 6.69. The molecule has 19 heavy (non-hydrogen) atoms. The van der Waals surface area contributed by atoms with Crippen molar-refractivity contribution in [2.24, 2.45) is 0 Å². The Labute approximate surface area is 111 Å². The number of aliphatic hydroxyl groups excluding tert-OH is 1. The van der Waals surface area contributed by atoms with E-state index in [1.165, 1.54) is 30.1 Å². The predicted octanol–water partition coefficient (Wildman–Crippen LogP) is 1.09. The summed E-state index contributed by atoms with van der Waals surface area (Å²) in [5, 5.41) is 22.7. The Morgan fingerprint density at radius 1 is 1.53 bits per heavy atom. The third-order valence-corrected chi connectivity index (χ3v) is 2.61. The third-order valence-electron chi connectivity index (χ3n) is 2.61. The quantitative estimate of drug-likeness (QED) is 0.594. The largest absolute Gasteiger partial charge is 0.395 e. The van der Waals surface area contributed by atoms with E-state index in [-0.39, 0.29) is 36.0 Å². The van der Waals surface area contributed by atoms with Crippen molar-refractivity contribution in [1.29, 1.82) is 0 Å². The molecule has 0 saturated carbocycles. The second-order valence-corrected chi connectivity index (χ2v) is 3.94. The van der Waals surface area contributed by atoms with Gasteiger partial charge >= 0.3 is 0 Å². The van der Waals surface area contributed by atoms with Gasteiger partial charge in [-0.1, -0.05) is 6.07 Å². The summed E-state index contributed by atoms with van der Waals surface area (Å²) in [6.07, 6.45) is 0. The van der Waals surface area contributed by atoms with Crippen LogP contribution in [0.2, 0.25) is 0 Å². The number of rotatable bonds is 6. The smallest absolute Gasteiger partial charge is 0.293 e. The number of nitrogens with zero attached hydrogens (tertiary/aromatic N) is 2. The molecular weight excluding hydrogens is 250 g/mol. The van der Waals surface area contributed by atoms with Gasteiger partial charge in [0.15, 0.2) is 0 Å². The van der Waals surface area contributed by atoms with Crippen LogP contribution in [-0.2, 0) is 0 Å². The molecule has 0 bridgehead atoms. The molecule has 0 spiro atoms. The van der Waals surface area contributed by atoms with Crippen LogP contribution in [0, 0.1) is 10.1 Å². The fourth-order valence-corrected chi connectivity index (χ4v) is 1.69. The SMILES string of the molecule is CCNc1c(C(=O)N(C)CCO)cccc1[N+](=O)[O-]. The zero-order valence-electron chi connectivity index (χ0n) is 10.9. The van der Waals surface area contributed by atoms with E-state index < -0.39 is 4.92 Å². The Kier molecular flexibility index (Phi) is 5.25. The van der Waals surface area contributed by atoms with Crippen LogP contribution in [0.5, 0.6) is 0 Å².